The summed E-state index contributed by atoms with van der Waals surface area (Å²) in [5, 5.41) is 10.8. The third-order valence-electron chi connectivity index (χ3n) is 5.51. The molecule has 0 bridgehead atoms. The summed E-state index contributed by atoms with van der Waals surface area (Å²) >= 11 is 0. The predicted molar refractivity (Wildman–Crippen MR) is 134 cm³/mol. The second kappa shape index (κ2) is 9.30. The molecular formula is C26H24ClN5O. The third kappa shape index (κ3) is 4.66. The molecule has 1 unspecified atom stereocenters. The van der Waals surface area contributed by atoms with Gasteiger partial charge in [-0.25, -0.2) is 4.68 Å². The molecule has 0 saturated heterocycles. The number of fused-ring (bicyclic) bond motifs is 1. The van der Waals surface area contributed by atoms with Gasteiger partial charge in [-0.2, -0.15) is 4.98 Å². The fourth-order valence-electron chi connectivity index (χ4n) is 3.71. The van der Waals surface area contributed by atoms with Crippen LogP contribution in [0.15, 0.2) is 84.9 Å². The van der Waals surface area contributed by atoms with E-state index in [-0.39, 0.29) is 30.3 Å². The summed E-state index contributed by atoms with van der Waals surface area (Å²) in [7, 11) is 0. The Balaban J connectivity index is 0.00000259. The molecule has 1 aromatic heterocycles. The number of hydrogen-bond donors (Lipinski definition) is 2. The van der Waals surface area contributed by atoms with Crippen molar-refractivity contribution in [3.63, 3.8) is 0 Å². The van der Waals surface area contributed by atoms with Gasteiger partial charge in [0.2, 0.25) is 5.95 Å². The predicted octanol–water partition coefficient (Wildman–Crippen LogP) is 5.63. The van der Waals surface area contributed by atoms with Gasteiger partial charge in [0.25, 0.3) is 11.9 Å². The van der Waals surface area contributed by atoms with E-state index in [2.05, 4.69) is 89.2 Å². The van der Waals surface area contributed by atoms with Gasteiger partial charge in [0.1, 0.15) is 6.04 Å². The van der Waals surface area contributed by atoms with Gasteiger partial charge in [-0.1, -0.05) is 77.9 Å². The van der Waals surface area contributed by atoms with E-state index in [1.54, 1.807) is 12.1 Å². The Morgan fingerprint density at radius 3 is 2.21 bits per heavy atom. The molecule has 166 valence electrons. The van der Waals surface area contributed by atoms with Crippen molar-refractivity contribution in [3.8, 4) is 0 Å². The number of nitrogens with one attached hydrogen (secondary N) is 2. The normalized spacial score (nSPS) is 14.4. The number of benzene rings is 3. The molecule has 1 aliphatic rings. The first-order chi connectivity index (χ1) is 15.6. The van der Waals surface area contributed by atoms with Crippen LogP contribution in [-0.4, -0.2) is 20.7 Å². The Kier molecular flexibility index (Phi) is 6.29. The lowest BCUT2D eigenvalue weighted by Crippen LogP contribution is -2.20. The SMILES string of the molecule is Cc1ccc(C2=CC(c3ccc(C)cc3)n3nc(NC(=O)c4ccccc4)nc3N2)cc1.Cl. The summed E-state index contributed by atoms with van der Waals surface area (Å²) in [6.45, 7) is 4.14. The maximum absolute atomic E-state index is 12.6. The number of nitrogens with zero attached hydrogens (tertiary/aromatic N) is 3. The molecule has 2 heterocycles. The molecule has 4 aromatic rings. The number of hydrogen-bond acceptors (Lipinski definition) is 4. The van der Waals surface area contributed by atoms with E-state index < -0.39 is 0 Å². The third-order valence-corrected chi connectivity index (χ3v) is 5.51. The van der Waals surface area contributed by atoms with Crippen LogP contribution in [0.1, 0.15) is 38.7 Å². The van der Waals surface area contributed by atoms with Crippen LogP contribution < -0.4 is 10.6 Å². The van der Waals surface area contributed by atoms with Crippen LogP contribution >= 0.6 is 12.4 Å². The van der Waals surface area contributed by atoms with Gasteiger partial charge in [0, 0.05) is 11.3 Å². The Hall–Kier alpha value is -3.90. The van der Waals surface area contributed by atoms with Crippen LogP contribution in [0, 0.1) is 13.8 Å². The van der Waals surface area contributed by atoms with Crippen molar-refractivity contribution in [2.24, 2.45) is 0 Å². The quantitative estimate of drug-likeness (QED) is 0.417. The molecule has 5 rings (SSSR count). The Morgan fingerprint density at radius 2 is 1.55 bits per heavy atom. The first-order valence-corrected chi connectivity index (χ1v) is 10.5. The van der Waals surface area contributed by atoms with E-state index >= 15 is 0 Å². The number of anilines is 2. The van der Waals surface area contributed by atoms with Gasteiger partial charge in [-0.05, 0) is 43.2 Å². The van der Waals surface area contributed by atoms with Gasteiger partial charge < -0.3 is 5.32 Å². The molecule has 6 nitrogen and oxygen atoms in total. The number of aromatic nitrogens is 3. The molecule has 33 heavy (non-hydrogen) atoms. The van der Waals surface area contributed by atoms with Crippen LogP contribution in [0.5, 0.6) is 0 Å². The lowest BCUT2D eigenvalue weighted by Gasteiger charge is -2.24. The zero-order valence-corrected chi connectivity index (χ0v) is 19.1. The van der Waals surface area contributed by atoms with E-state index in [9.17, 15) is 4.79 Å². The monoisotopic (exact) mass is 457 g/mol. The van der Waals surface area contributed by atoms with Crippen molar-refractivity contribution in [2.45, 2.75) is 19.9 Å². The Morgan fingerprint density at radius 1 is 0.909 bits per heavy atom. The molecule has 1 amide bonds. The maximum atomic E-state index is 12.6. The lowest BCUT2D eigenvalue weighted by molar-refractivity contribution is 0.102. The van der Waals surface area contributed by atoms with Crippen LogP contribution in [0.25, 0.3) is 5.70 Å². The second-order valence-electron chi connectivity index (χ2n) is 7.95. The minimum absolute atomic E-state index is 0. The second-order valence-corrected chi connectivity index (χ2v) is 7.95. The topological polar surface area (TPSA) is 71.8 Å². The van der Waals surface area contributed by atoms with Crippen molar-refractivity contribution in [3.05, 3.63) is 113 Å². The first-order valence-electron chi connectivity index (χ1n) is 10.5. The van der Waals surface area contributed by atoms with Gasteiger partial charge in [-0.15, -0.1) is 17.5 Å². The molecule has 3 aromatic carbocycles. The summed E-state index contributed by atoms with van der Waals surface area (Å²) in [6, 6.07) is 25.6. The van der Waals surface area contributed by atoms with Crippen molar-refractivity contribution in [1.29, 1.82) is 0 Å². The Bertz CT molecular complexity index is 1300. The number of allylic oxidation sites excluding steroid dienone is 1. The number of rotatable bonds is 4. The summed E-state index contributed by atoms with van der Waals surface area (Å²) in [5.41, 5.74) is 6.07. The van der Waals surface area contributed by atoms with Gasteiger partial charge >= 0.3 is 0 Å². The molecule has 1 atom stereocenters. The maximum Gasteiger partial charge on any atom is 0.258 e. The highest BCUT2D eigenvalue weighted by atomic mass is 35.5. The number of halogens is 1. The molecule has 0 fully saturated rings. The average Bonchev–Trinajstić information content (AvgIpc) is 3.22. The molecule has 7 heteroatoms. The van der Waals surface area contributed by atoms with Crippen LogP contribution in [0.2, 0.25) is 0 Å². The molecular weight excluding hydrogens is 434 g/mol. The number of carbonyl (C=O) groups excluding carboxylic acids is 1. The fourth-order valence-corrected chi connectivity index (χ4v) is 3.71. The molecule has 0 saturated carbocycles. The van der Waals surface area contributed by atoms with Crippen LogP contribution in [-0.2, 0) is 0 Å². The summed E-state index contributed by atoms with van der Waals surface area (Å²) in [4.78, 5) is 17.2. The van der Waals surface area contributed by atoms with Crippen molar-refractivity contribution in [1.82, 2.24) is 14.8 Å². The van der Waals surface area contributed by atoms with Crippen molar-refractivity contribution >= 4 is 35.9 Å². The van der Waals surface area contributed by atoms with E-state index in [1.807, 2.05) is 22.9 Å². The van der Waals surface area contributed by atoms with Gasteiger partial charge in [0.05, 0.1) is 0 Å². The Labute approximate surface area is 198 Å². The molecule has 1 aliphatic heterocycles. The number of amides is 1. The largest absolute Gasteiger partial charge is 0.324 e. The first kappa shape index (κ1) is 22.3. The minimum atomic E-state index is -0.243. The van der Waals surface area contributed by atoms with E-state index in [0.29, 0.717) is 11.5 Å². The summed E-state index contributed by atoms with van der Waals surface area (Å²) < 4.78 is 1.81. The zero-order chi connectivity index (χ0) is 22.1. The number of carbonyl (C=O) groups is 1. The lowest BCUT2D eigenvalue weighted by atomic mass is 10.0. The smallest absolute Gasteiger partial charge is 0.258 e. The summed E-state index contributed by atoms with van der Waals surface area (Å²) in [5.74, 6) is 0.598. The molecule has 0 aliphatic carbocycles. The van der Waals surface area contributed by atoms with Crippen LogP contribution in [0.3, 0.4) is 0 Å². The fraction of sp³-hybridized carbons (Fsp3) is 0.115. The van der Waals surface area contributed by atoms with Gasteiger partial charge in [-0.3, -0.25) is 10.1 Å². The average molecular weight is 458 g/mol. The highest BCUT2D eigenvalue weighted by Crippen LogP contribution is 2.33. The molecule has 0 spiro atoms. The minimum Gasteiger partial charge on any atom is -0.324 e. The number of aryl methyl sites for hydroxylation is 2. The van der Waals surface area contributed by atoms with Crippen molar-refractivity contribution in [2.75, 3.05) is 10.6 Å². The van der Waals surface area contributed by atoms with E-state index in [4.69, 9.17) is 0 Å². The standard InChI is InChI=1S/C26H23N5O.ClH/c1-17-8-12-19(13-9-17)22-16-23(20-14-10-18(2)11-15-20)31-26(27-22)29-25(30-31)28-24(32)21-6-4-3-5-7-21;/h3-16,23H,1-2H3,(H2,27,28,29,30,32);1H. The van der Waals surface area contributed by atoms with Gasteiger partial charge in [0.15, 0.2) is 0 Å². The highest BCUT2D eigenvalue weighted by Gasteiger charge is 2.26. The molecule has 2 N–H and O–H groups in total. The highest BCUT2D eigenvalue weighted by molar-refractivity contribution is 6.03. The zero-order valence-electron chi connectivity index (χ0n) is 18.3. The van der Waals surface area contributed by atoms with Crippen LogP contribution in [0.4, 0.5) is 11.9 Å². The van der Waals surface area contributed by atoms with E-state index in [0.717, 1.165) is 16.8 Å². The summed E-state index contributed by atoms with van der Waals surface area (Å²) in [6.07, 6.45) is 2.14. The molecule has 0 radical (unpaired) electrons. The van der Waals surface area contributed by atoms with E-state index in [1.165, 1.54) is 11.1 Å². The van der Waals surface area contributed by atoms with Crippen molar-refractivity contribution < 1.29 is 4.79 Å².